The van der Waals surface area contributed by atoms with E-state index in [2.05, 4.69) is 4.37 Å². The number of hydrogen-bond donors (Lipinski definition) is 2. The Balaban J connectivity index is 1.86. The minimum atomic E-state index is -3.37. The maximum atomic E-state index is 12.5. The number of anilines is 2. The number of primary amides is 1. The monoisotopic (exact) mass is 330 g/mol. The molecule has 1 aromatic rings. The largest absolute Gasteiger partial charge is 0.382 e. The molecule has 0 atom stereocenters. The minimum Gasteiger partial charge on any atom is -0.382 e. The zero-order valence-electron chi connectivity index (χ0n) is 11.5. The van der Waals surface area contributed by atoms with Crippen LogP contribution in [0.3, 0.4) is 0 Å². The summed E-state index contributed by atoms with van der Waals surface area (Å²) >= 11 is 1.12. The number of carbonyl (C=O) groups excluding carboxylic acids is 1. The van der Waals surface area contributed by atoms with Crippen LogP contribution in [-0.2, 0) is 14.6 Å². The third-order valence-electron chi connectivity index (χ3n) is 4.09. The van der Waals surface area contributed by atoms with Gasteiger partial charge >= 0.3 is 0 Å². The van der Waals surface area contributed by atoms with Gasteiger partial charge in [0.1, 0.15) is 9.90 Å². The van der Waals surface area contributed by atoms with Gasteiger partial charge in [0.2, 0.25) is 5.91 Å². The lowest BCUT2D eigenvalue weighted by atomic mass is 9.96. The molecule has 9 heteroatoms. The lowest BCUT2D eigenvalue weighted by molar-refractivity contribution is -0.122. The number of aromatic nitrogens is 1. The van der Waals surface area contributed by atoms with E-state index in [-0.39, 0.29) is 27.8 Å². The molecule has 2 fully saturated rings. The SMILES string of the molecule is NC(=O)C1CCN(c2snc(N)c2S(=O)(=O)C2CC2)CC1. The molecule has 2 heterocycles. The van der Waals surface area contributed by atoms with E-state index >= 15 is 0 Å². The van der Waals surface area contributed by atoms with Gasteiger partial charge in [-0.1, -0.05) is 0 Å². The van der Waals surface area contributed by atoms with Crippen molar-refractivity contribution in [2.75, 3.05) is 23.7 Å². The first-order valence-corrected chi connectivity index (χ1v) is 9.26. The van der Waals surface area contributed by atoms with Gasteiger partial charge < -0.3 is 16.4 Å². The van der Waals surface area contributed by atoms with Crippen LogP contribution in [0.15, 0.2) is 4.90 Å². The number of sulfone groups is 1. The summed E-state index contributed by atoms with van der Waals surface area (Å²) in [5.74, 6) is -0.321. The molecule has 0 radical (unpaired) electrons. The molecule has 4 N–H and O–H groups in total. The van der Waals surface area contributed by atoms with Crippen molar-refractivity contribution in [1.29, 1.82) is 0 Å². The van der Waals surface area contributed by atoms with Crippen LogP contribution in [-0.4, -0.2) is 37.0 Å². The van der Waals surface area contributed by atoms with Gasteiger partial charge in [0.05, 0.1) is 5.25 Å². The fourth-order valence-electron chi connectivity index (χ4n) is 2.67. The van der Waals surface area contributed by atoms with E-state index in [4.69, 9.17) is 11.5 Å². The topological polar surface area (TPSA) is 119 Å². The summed E-state index contributed by atoms with van der Waals surface area (Å²) in [5, 5.41) is 0.306. The molecule has 1 aromatic heterocycles. The number of amides is 1. The van der Waals surface area contributed by atoms with Crippen LogP contribution in [0, 0.1) is 5.92 Å². The molecule has 7 nitrogen and oxygen atoms in total. The normalized spacial score (nSPS) is 20.7. The Morgan fingerprint density at radius 3 is 2.38 bits per heavy atom. The number of carbonyl (C=O) groups is 1. The van der Waals surface area contributed by atoms with Crippen LogP contribution in [0.25, 0.3) is 0 Å². The second-order valence-corrected chi connectivity index (χ2v) is 8.53. The average Bonchev–Trinajstić information content (AvgIpc) is 3.22. The van der Waals surface area contributed by atoms with Crippen molar-refractivity contribution in [2.45, 2.75) is 35.8 Å². The molecule has 1 saturated heterocycles. The summed E-state index contributed by atoms with van der Waals surface area (Å²) in [4.78, 5) is 13.4. The highest BCUT2D eigenvalue weighted by Crippen LogP contribution is 2.43. The molecule has 0 bridgehead atoms. The summed E-state index contributed by atoms with van der Waals surface area (Å²) in [7, 11) is -3.37. The van der Waals surface area contributed by atoms with E-state index in [1.165, 1.54) is 0 Å². The Kier molecular flexibility index (Phi) is 3.56. The number of rotatable bonds is 4. The predicted molar refractivity (Wildman–Crippen MR) is 80.9 cm³/mol. The van der Waals surface area contributed by atoms with E-state index in [1.54, 1.807) is 0 Å². The second kappa shape index (κ2) is 5.13. The molecule has 3 rings (SSSR count). The van der Waals surface area contributed by atoms with Crippen LogP contribution in [0.5, 0.6) is 0 Å². The van der Waals surface area contributed by atoms with Crippen molar-refractivity contribution >= 4 is 38.1 Å². The summed E-state index contributed by atoms with van der Waals surface area (Å²) in [6.07, 6.45) is 2.66. The van der Waals surface area contributed by atoms with Gasteiger partial charge in [-0.25, -0.2) is 8.42 Å². The van der Waals surface area contributed by atoms with E-state index in [0.717, 1.165) is 11.5 Å². The third-order valence-corrected chi connectivity index (χ3v) is 7.46. The van der Waals surface area contributed by atoms with Crippen LogP contribution < -0.4 is 16.4 Å². The second-order valence-electron chi connectivity index (χ2n) is 5.61. The molecule has 1 saturated carbocycles. The van der Waals surface area contributed by atoms with Gasteiger partial charge in [-0.2, -0.15) is 4.37 Å². The molecule has 1 aliphatic heterocycles. The fourth-order valence-corrected chi connectivity index (χ4v) is 5.75. The lowest BCUT2D eigenvalue weighted by Gasteiger charge is -2.31. The Bertz CT molecular complexity index is 658. The highest BCUT2D eigenvalue weighted by atomic mass is 32.2. The Hall–Kier alpha value is -1.35. The van der Waals surface area contributed by atoms with Crippen molar-refractivity contribution in [1.82, 2.24) is 4.37 Å². The van der Waals surface area contributed by atoms with E-state index in [1.807, 2.05) is 4.90 Å². The maximum absolute atomic E-state index is 12.5. The number of nitrogen functional groups attached to an aromatic ring is 1. The highest BCUT2D eigenvalue weighted by Gasteiger charge is 2.42. The van der Waals surface area contributed by atoms with E-state index < -0.39 is 9.84 Å². The molecule has 1 amide bonds. The Morgan fingerprint density at radius 1 is 1.24 bits per heavy atom. The van der Waals surface area contributed by atoms with Crippen LogP contribution in [0.4, 0.5) is 10.8 Å². The number of piperidine rings is 1. The molecule has 2 aliphatic rings. The maximum Gasteiger partial charge on any atom is 0.220 e. The Morgan fingerprint density at radius 2 is 1.86 bits per heavy atom. The number of nitrogens with zero attached hydrogens (tertiary/aromatic N) is 2. The van der Waals surface area contributed by atoms with Crippen molar-refractivity contribution in [3.8, 4) is 0 Å². The fraction of sp³-hybridized carbons (Fsp3) is 0.667. The quantitative estimate of drug-likeness (QED) is 0.823. The van der Waals surface area contributed by atoms with Crippen molar-refractivity contribution < 1.29 is 13.2 Å². The van der Waals surface area contributed by atoms with E-state index in [0.29, 0.717) is 43.8 Å². The van der Waals surface area contributed by atoms with Crippen molar-refractivity contribution in [3.05, 3.63) is 0 Å². The smallest absolute Gasteiger partial charge is 0.220 e. The van der Waals surface area contributed by atoms with Crippen molar-refractivity contribution in [3.63, 3.8) is 0 Å². The molecular weight excluding hydrogens is 312 g/mol. The zero-order chi connectivity index (χ0) is 15.2. The van der Waals surface area contributed by atoms with Gasteiger partial charge in [-0.05, 0) is 37.2 Å². The van der Waals surface area contributed by atoms with E-state index in [9.17, 15) is 13.2 Å². The van der Waals surface area contributed by atoms with Gasteiger partial charge in [-0.3, -0.25) is 4.79 Å². The van der Waals surface area contributed by atoms with Crippen LogP contribution >= 0.6 is 11.5 Å². The molecule has 0 aromatic carbocycles. The van der Waals surface area contributed by atoms with Gasteiger partial charge in [0.25, 0.3) is 0 Å². The highest BCUT2D eigenvalue weighted by molar-refractivity contribution is 7.92. The average molecular weight is 330 g/mol. The molecule has 116 valence electrons. The summed E-state index contributed by atoms with van der Waals surface area (Å²) in [6, 6.07) is 0. The lowest BCUT2D eigenvalue weighted by Crippen LogP contribution is -2.38. The molecule has 1 aliphatic carbocycles. The van der Waals surface area contributed by atoms with Crippen LogP contribution in [0.1, 0.15) is 25.7 Å². The zero-order valence-corrected chi connectivity index (χ0v) is 13.1. The van der Waals surface area contributed by atoms with Gasteiger partial charge in [-0.15, -0.1) is 0 Å². The first-order chi connectivity index (χ1) is 9.91. The summed E-state index contributed by atoms with van der Waals surface area (Å²) in [5.41, 5.74) is 11.1. The van der Waals surface area contributed by atoms with Gasteiger partial charge in [0.15, 0.2) is 15.7 Å². The third kappa shape index (κ3) is 2.59. The summed E-state index contributed by atoms with van der Waals surface area (Å²) < 4.78 is 29.0. The van der Waals surface area contributed by atoms with Gasteiger partial charge in [0, 0.05) is 19.0 Å². The summed E-state index contributed by atoms with van der Waals surface area (Å²) in [6.45, 7) is 1.20. The van der Waals surface area contributed by atoms with Crippen LogP contribution in [0.2, 0.25) is 0 Å². The first-order valence-electron chi connectivity index (χ1n) is 6.94. The van der Waals surface area contributed by atoms with Crippen molar-refractivity contribution in [2.24, 2.45) is 11.7 Å². The molecule has 21 heavy (non-hydrogen) atoms. The minimum absolute atomic E-state index is 0.0962. The molecular formula is C12H18N4O3S2. The predicted octanol–water partition coefficient (Wildman–Crippen LogP) is 0.363. The number of nitrogens with two attached hydrogens (primary N) is 2. The standard InChI is InChI=1S/C12H18N4O3S2/c13-10-9(21(18,19)8-1-2-8)12(20-15-10)16-5-3-7(4-6-16)11(14)17/h7-8H,1-6H2,(H2,13,15)(H2,14,17). The first kappa shape index (κ1) is 14.6. The Labute approximate surface area is 127 Å². The molecule has 0 unspecified atom stereocenters. The number of hydrogen-bond acceptors (Lipinski definition) is 7. The molecule has 0 spiro atoms.